The van der Waals surface area contributed by atoms with E-state index < -0.39 is 5.97 Å². The summed E-state index contributed by atoms with van der Waals surface area (Å²) >= 11 is 0. The zero-order valence-corrected chi connectivity index (χ0v) is 11.2. The monoisotopic (exact) mass is 257 g/mol. The second kappa shape index (κ2) is 7.36. The lowest BCUT2D eigenvalue weighted by atomic mass is 9.93. The lowest BCUT2D eigenvalue weighted by Gasteiger charge is -2.31. The van der Waals surface area contributed by atoms with Crippen molar-refractivity contribution in [1.29, 1.82) is 0 Å². The number of piperidine rings is 1. The molecule has 0 spiro atoms. The van der Waals surface area contributed by atoms with Gasteiger partial charge in [0.2, 0.25) is 5.91 Å². The number of ether oxygens (including phenoxy) is 1. The Morgan fingerprint density at radius 3 is 2.44 bits per heavy atom. The van der Waals surface area contributed by atoms with Crippen LogP contribution < -0.4 is 0 Å². The highest BCUT2D eigenvalue weighted by Crippen LogP contribution is 2.20. The minimum Gasteiger partial charge on any atom is -0.481 e. The van der Waals surface area contributed by atoms with Gasteiger partial charge in [-0.1, -0.05) is 0 Å². The van der Waals surface area contributed by atoms with Gasteiger partial charge in [0.1, 0.15) is 0 Å². The predicted molar refractivity (Wildman–Crippen MR) is 67.3 cm³/mol. The third-order valence-corrected chi connectivity index (χ3v) is 3.20. The lowest BCUT2D eigenvalue weighted by molar-refractivity contribution is -0.138. The molecule has 0 aromatic carbocycles. The van der Waals surface area contributed by atoms with Gasteiger partial charge in [0.25, 0.3) is 0 Å². The summed E-state index contributed by atoms with van der Waals surface area (Å²) in [5, 5.41) is 8.71. The number of hydrogen-bond acceptors (Lipinski definition) is 3. The molecule has 5 nitrogen and oxygen atoms in total. The van der Waals surface area contributed by atoms with Crippen molar-refractivity contribution in [3.63, 3.8) is 0 Å². The summed E-state index contributed by atoms with van der Waals surface area (Å²) in [6.07, 6.45) is 2.38. The molecule has 1 heterocycles. The summed E-state index contributed by atoms with van der Waals surface area (Å²) in [7, 11) is 0. The van der Waals surface area contributed by atoms with E-state index in [0.717, 1.165) is 12.8 Å². The Balaban J connectivity index is 2.21. The van der Waals surface area contributed by atoms with Crippen LogP contribution in [0.3, 0.4) is 0 Å². The van der Waals surface area contributed by atoms with Crippen molar-refractivity contribution >= 4 is 11.9 Å². The Kier molecular flexibility index (Phi) is 6.12. The van der Waals surface area contributed by atoms with E-state index in [-0.39, 0.29) is 24.3 Å². The average molecular weight is 257 g/mol. The van der Waals surface area contributed by atoms with Gasteiger partial charge in [0.05, 0.1) is 19.1 Å². The van der Waals surface area contributed by atoms with Crippen LogP contribution in [0.15, 0.2) is 0 Å². The third kappa shape index (κ3) is 5.49. The van der Waals surface area contributed by atoms with E-state index in [0.29, 0.717) is 26.1 Å². The normalized spacial score (nSPS) is 17.2. The van der Waals surface area contributed by atoms with Crippen LogP contribution in [-0.2, 0) is 14.3 Å². The molecule has 0 bridgehead atoms. The third-order valence-electron chi connectivity index (χ3n) is 3.20. The fourth-order valence-electron chi connectivity index (χ4n) is 2.17. The summed E-state index contributed by atoms with van der Waals surface area (Å²) in [6.45, 7) is 5.71. The maximum atomic E-state index is 11.8. The molecule has 1 rings (SSSR count). The first kappa shape index (κ1) is 15.0. The summed E-state index contributed by atoms with van der Waals surface area (Å²) in [5.74, 6) is -0.409. The highest BCUT2D eigenvalue weighted by molar-refractivity contribution is 5.76. The van der Waals surface area contributed by atoms with Crippen molar-refractivity contribution in [1.82, 2.24) is 4.90 Å². The van der Waals surface area contributed by atoms with Gasteiger partial charge in [0.15, 0.2) is 0 Å². The maximum absolute atomic E-state index is 11.8. The molecule has 0 radical (unpaired) electrons. The molecule has 1 fully saturated rings. The van der Waals surface area contributed by atoms with E-state index in [1.807, 2.05) is 18.7 Å². The molecule has 104 valence electrons. The number of nitrogens with zero attached hydrogens (tertiary/aromatic N) is 1. The smallest absolute Gasteiger partial charge is 0.303 e. The van der Waals surface area contributed by atoms with Crippen LogP contribution in [0.4, 0.5) is 0 Å². The van der Waals surface area contributed by atoms with Crippen molar-refractivity contribution in [2.75, 3.05) is 19.7 Å². The van der Waals surface area contributed by atoms with Crippen LogP contribution in [0.2, 0.25) is 0 Å². The van der Waals surface area contributed by atoms with Gasteiger partial charge in [-0.05, 0) is 32.6 Å². The number of rotatable bonds is 6. The Bertz CT molecular complexity index is 283. The topological polar surface area (TPSA) is 66.8 Å². The summed E-state index contributed by atoms with van der Waals surface area (Å²) < 4.78 is 5.35. The molecule has 18 heavy (non-hydrogen) atoms. The van der Waals surface area contributed by atoms with Crippen LogP contribution in [0, 0.1) is 5.92 Å². The van der Waals surface area contributed by atoms with Crippen LogP contribution >= 0.6 is 0 Å². The number of hydrogen-bond donors (Lipinski definition) is 1. The van der Waals surface area contributed by atoms with Gasteiger partial charge in [-0.25, -0.2) is 0 Å². The largest absolute Gasteiger partial charge is 0.481 e. The van der Waals surface area contributed by atoms with Gasteiger partial charge in [-0.3, -0.25) is 9.59 Å². The standard InChI is InChI=1S/C13H23NO4/c1-10(2)18-8-5-12(15)14-6-3-11(4-7-14)9-13(16)17/h10-11H,3-9H2,1-2H3,(H,16,17). The molecule has 1 N–H and O–H groups in total. The second-order valence-corrected chi connectivity index (χ2v) is 5.09. The van der Waals surface area contributed by atoms with Gasteiger partial charge in [-0.15, -0.1) is 0 Å². The van der Waals surface area contributed by atoms with Crippen molar-refractivity contribution < 1.29 is 19.4 Å². The highest BCUT2D eigenvalue weighted by atomic mass is 16.5. The molecule has 0 aliphatic carbocycles. The highest BCUT2D eigenvalue weighted by Gasteiger charge is 2.23. The average Bonchev–Trinajstić information content (AvgIpc) is 2.28. The van der Waals surface area contributed by atoms with E-state index in [4.69, 9.17) is 9.84 Å². The SMILES string of the molecule is CC(C)OCCC(=O)N1CCC(CC(=O)O)CC1. The number of carbonyl (C=O) groups is 2. The molecular formula is C13H23NO4. The van der Waals surface area contributed by atoms with Crippen molar-refractivity contribution in [3.05, 3.63) is 0 Å². The van der Waals surface area contributed by atoms with Gasteiger partial charge < -0.3 is 14.7 Å². The quantitative estimate of drug-likeness (QED) is 0.783. The molecular weight excluding hydrogens is 234 g/mol. The van der Waals surface area contributed by atoms with E-state index >= 15 is 0 Å². The first-order valence-electron chi connectivity index (χ1n) is 6.60. The molecule has 0 saturated carbocycles. The molecule has 5 heteroatoms. The Morgan fingerprint density at radius 1 is 1.33 bits per heavy atom. The first-order valence-corrected chi connectivity index (χ1v) is 6.60. The molecule has 1 amide bonds. The van der Waals surface area contributed by atoms with E-state index in [9.17, 15) is 9.59 Å². The number of likely N-dealkylation sites (tertiary alicyclic amines) is 1. The first-order chi connectivity index (χ1) is 8.49. The molecule has 0 aromatic heterocycles. The number of carboxylic acid groups (broad SMARTS) is 1. The van der Waals surface area contributed by atoms with Crippen molar-refractivity contribution in [3.8, 4) is 0 Å². The van der Waals surface area contributed by atoms with Crippen LogP contribution in [0.1, 0.15) is 39.5 Å². The maximum Gasteiger partial charge on any atom is 0.303 e. The van der Waals surface area contributed by atoms with E-state index in [2.05, 4.69) is 0 Å². The van der Waals surface area contributed by atoms with Crippen LogP contribution in [0.25, 0.3) is 0 Å². The van der Waals surface area contributed by atoms with Gasteiger partial charge in [0, 0.05) is 19.5 Å². The number of aliphatic carboxylic acids is 1. The minimum absolute atomic E-state index is 0.115. The number of amides is 1. The molecule has 0 atom stereocenters. The Morgan fingerprint density at radius 2 is 1.94 bits per heavy atom. The Labute approximate surface area is 108 Å². The minimum atomic E-state index is -0.745. The zero-order chi connectivity index (χ0) is 13.5. The summed E-state index contributed by atoms with van der Waals surface area (Å²) in [4.78, 5) is 24.3. The number of carboxylic acids is 1. The lowest BCUT2D eigenvalue weighted by Crippen LogP contribution is -2.39. The van der Waals surface area contributed by atoms with Gasteiger partial charge in [-0.2, -0.15) is 0 Å². The molecule has 0 unspecified atom stereocenters. The molecule has 1 aliphatic rings. The predicted octanol–water partition coefficient (Wildman–Crippen LogP) is 1.51. The zero-order valence-electron chi connectivity index (χ0n) is 11.2. The summed E-state index contributed by atoms with van der Waals surface area (Å²) in [6, 6.07) is 0. The van der Waals surface area contributed by atoms with Crippen LogP contribution in [-0.4, -0.2) is 47.7 Å². The molecule has 0 aromatic rings. The van der Waals surface area contributed by atoms with E-state index in [1.54, 1.807) is 0 Å². The Hall–Kier alpha value is -1.10. The number of carbonyl (C=O) groups excluding carboxylic acids is 1. The summed E-state index contributed by atoms with van der Waals surface area (Å²) in [5.41, 5.74) is 0. The molecule has 1 saturated heterocycles. The second-order valence-electron chi connectivity index (χ2n) is 5.09. The fraction of sp³-hybridized carbons (Fsp3) is 0.846. The molecule has 1 aliphatic heterocycles. The van der Waals surface area contributed by atoms with Crippen molar-refractivity contribution in [2.45, 2.75) is 45.6 Å². The van der Waals surface area contributed by atoms with Gasteiger partial charge >= 0.3 is 5.97 Å². The fourth-order valence-corrected chi connectivity index (χ4v) is 2.17. The van der Waals surface area contributed by atoms with E-state index in [1.165, 1.54) is 0 Å². The van der Waals surface area contributed by atoms with Crippen LogP contribution in [0.5, 0.6) is 0 Å². The van der Waals surface area contributed by atoms with Crippen molar-refractivity contribution in [2.24, 2.45) is 5.92 Å².